The lowest BCUT2D eigenvalue weighted by Crippen LogP contribution is -2.44. The van der Waals surface area contributed by atoms with Crippen molar-refractivity contribution >= 4 is 0 Å². The zero-order valence-electron chi connectivity index (χ0n) is 13.1. The van der Waals surface area contributed by atoms with Crippen molar-refractivity contribution in [3.05, 3.63) is 29.8 Å². The molecule has 1 aromatic rings. The number of fused-ring (bicyclic) bond motifs is 1. The molecule has 1 aliphatic rings. The van der Waals surface area contributed by atoms with Crippen molar-refractivity contribution in [2.24, 2.45) is 0 Å². The number of benzene rings is 1. The van der Waals surface area contributed by atoms with Crippen LogP contribution >= 0.6 is 0 Å². The van der Waals surface area contributed by atoms with Gasteiger partial charge in [-0.25, -0.2) is 0 Å². The lowest BCUT2D eigenvalue weighted by atomic mass is 9.89. The Labute approximate surface area is 122 Å². The van der Waals surface area contributed by atoms with Gasteiger partial charge in [-0.2, -0.15) is 0 Å². The standard InChI is InChI=1S/C17H27NO2/c1-5-10-17(4,19)12-18-14-11-16(2,3)20-15-9-7-6-8-13(14)15/h6-9,14,18-19H,5,10-12H2,1-4H3. The van der Waals surface area contributed by atoms with Crippen molar-refractivity contribution in [2.75, 3.05) is 6.54 Å². The van der Waals surface area contributed by atoms with Crippen molar-refractivity contribution in [1.29, 1.82) is 0 Å². The summed E-state index contributed by atoms with van der Waals surface area (Å²) in [6.45, 7) is 8.83. The molecule has 0 saturated heterocycles. The molecule has 2 atom stereocenters. The van der Waals surface area contributed by atoms with Crippen LogP contribution in [0, 0.1) is 0 Å². The Morgan fingerprint density at radius 2 is 2.10 bits per heavy atom. The zero-order chi connectivity index (χ0) is 14.8. The van der Waals surface area contributed by atoms with Crippen LogP contribution in [0.5, 0.6) is 5.75 Å². The maximum atomic E-state index is 10.3. The fourth-order valence-electron chi connectivity index (χ4n) is 2.95. The molecule has 0 aromatic heterocycles. The topological polar surface area (TPSA) is 41.5 Å². The number of nitrogens with one attached hydrogen (secondary N) is 1. The number of hydrogen-bond donors (Lipinski definition) is 2. The van der Waals surface area contributed by atoms with E-state index in [1.165, 1.54) is 5.56 Å². The summed E-state index contributed by atoms with van der Waals surface area (Å²) in [5, 5.41) is 13.9. The van der Waals surface area contributed by atoms with Gasteiger partial charge in [0, 0.05) is 24.6 Å². The van der Waals surface area contributed by atoms with Gasteiger partial charge in [0.1, 0.15) is 11.4 Å². The molecule has 0 bridgehead atoms. The maximum Gasteiger partial charge on any atom is 0.124 e. The van der Waals surface area contributed by atoms with Crippen molar-refractivity contribution in [3.63, 3.8) is 0 Å². The molecule has 112 valence electrons. The highest BCUT2D eigenvalue weighted by Crippen LogP contribution is 2.39. The Kier molecular flexibility index (Phi) is 4.40. The molecule has 1 aliphatic heterocycles. The third kappa shape index (κ3) is 3.74. The van der Waals surface area contributed by atoms with Crippen molar-refractivity contribution in [3.8, 4) is 5.75 Å². The molecule has 0 fully saturated rings. The number of hydrogen-bond acceptors (Lipinski definition) is 3. The summed E-state index contributed by atoms with van der Waals surface area (Å²) in [5.41, 5.74) is 0.369. The largest absolute Gasteiger partial charge is 0.487 e. The second kappa shape index (κ2) is 5.74. The van der Waals surface area contributed by atoms with Gasteiger partial charge in [-0.1, -0.05) is 31.5 Å². The van der Waals surface area contributed by atoms with E-state index in [-0.39, 0.29) is 11.6 Å². The van der Waals surface area contributed by atoms with E-state index < -0.39 is 5.60 Å². The average Bonchev–Trinajstić information content (AvgIpc) is 2.34. The van der Waals surface area contributed by atoms with E-state index in [0.717, 1.165) is 25.0 Å². The third-order valence-corrected chi connectivity index (χ3v) is 3.89. The van der Waals surface area contributed by atoms with Crippen molar-refractivity contribution in [2.45, 2.75) is 64.2 Å². The Morgan fingerprint density at radius 1 is 1.40 bits per heavy atom. The van der Waals surface area contributed by atoms with E-state index in [1.807, 2.05) is 25.1 Å². The monoisotopic (exact) mass is 277 g/mol. The minimum atomic E-state index is -0.647. The normalized spacial score (nSPS) is 23.6. The van der Waals surface area contributed by atoms with Gasteiger partial charge in [-0.05, 0) is 33.3 Å². The molecule has 1 heterocycles. The molecule has 1 aromatic carbocycles. The highest BCUT2D eigenvalue weighted by molar-refractivity contribution is 5.38. The molecule has 20 heavy (non-hydrogen) atoms. The van der Waals surface area contributed by atoms with E-state index in [2.05, 4.69) is 32.2 Å². The van der Waals surface area contributed by atoms with Gasteiger partial charge in [-0.3, -0.25) is 0 Å². The molecule has 2 unspecified atom stereocenters. The van der Waals surface area contributed by atoms with Gasteiger partial charge in [0.15, 0.2) is 0 Å². The Hall–Kier alpha value is -1.06. The second-order valence-electron chi connectivity index (χ2n) is 6.78. The smallest absolute Gasteiger partial charge is 0.124 e. The first kappa shape index (κ1) is 15.3. The number of aliphatic hydroxyl groups is 1. The average molecular weight is 277 g/mol. The molecular formula is C17H27NO2. The molecule has 3 nitrogen and oxygen atoms in total. The van der Waals surface area contributed by atoms with Gasteiger partial charge in [-0.15, -0.1) is 0 Å². The molecule has 0 radical (unpaired) electrons. The van der Waals surface area contributed by atoms with Gasteiger partial charge >= 0.3 is 0 Å². The summed E-state index contributed by atoms with van der Waals surface area (Å²) < 4.78 is 6.03. The van der Waals surface area contributed by atoms with Gasteiger partial charge < -0.3 is 15.2 Å². The van der Waals surface area contributed by atoms with Crippen LogP contribution < -0.4 is 10.1 Å². The third-order valence-electron chi connectivity index (χ3n) is 3.89. The summed E-state index contributed by atoms with van der Waals surface area (Å²) in [4.78, 5) is 0. The van der Waals surface area contributed by atoms with Crippen LogP contribution in [0.1, 0.15) is 58.6 Å². The van der Waals surface area contributed by atoms with Crippen LogP contribution in [0.4, 0.5) is 0 Å². The number of para-hydroxylation sites is 1. The first-order valence-corrected chi connectivity index (χ1v) is 7.57. The summed E-state index contributed by atoms with van der Waals surface area (Å²) in [7, 11) is 0. The molecule has 0 spiro atoms. The molecule has 0 aliphatic carbocycles. The van der Waals surface area contributed by atoms with Gasteiger partial charge in [0.2, 0.25) is 0 Å². The lowest BCUT2D eigenvalue weighted by Gasteiger charge is -2.39. The van der Waals surface area contributed by atoms with Crippen molar-refractivity contribution in [1.82, 2.24) is 5.32 Å². The van der Waals surface area contributed by atoms with E-state index >= 15 is 0 Å². The van der Waals surface area contributed by atoms with E-state index in [4.69, 9.17) is 4.74 Å². The summed E-state index contributed by atoms with van der Waals surface area (Å²) in [5.74, 6) is 0.955. The molecule has 0 saturated carbocycles. The van der Waals surface area contributed by atoms with Crippen LogP contribution in [-0.4, -0.2) is 22.9 Å². The van der Waals surface area contributed by atoms with E-state index in [0.29, 0.717) is 6.54 Å². The molecule has 2 N–H and O–H groups in total. The van der Waals surface area contributed by atoms with Crippen LogP contribution in [0.15, 0.2) is 24.3 Å². The summed E-state index contributed by atoms with van der Waals surface area (Å²) >= 11 is 0. The van der Waals surface area contributed by atoms with Crippen LogP contribution in [0.2, 0.25) is 0 Å². The van der Waals surface area contributed by atoms with Crippen LogP contribution in [0.25, 0.3) is 0 Å². The highest BCUT2D eigenvalue weighted by Gasteiger charge is 2.34. The minimum Gasteiger partial charge on any atom is -0.487 e. The Bertz CT molecular complexity index is 454. The first-order valence-electron chi connectivity index (χ1n) is 7.57. The van der Waals surface area contributed by atoms with E-state index in [9.17, 15) is 5.11 Å². The van der Waals surface area contributed by atoms with Crippen LogP contribution in [-0.2, 0) is 0 Å². The lowest BCUT2D eigenvalue weighted by molar-refractivity contribution is 0.0323. The number of ether oxygens (including phenoxy) is 1. The quantitative estimate of drug-likeness (QED) is 0.866. The predicted molar refractivity (Wildman–Crippen MR) is 82.0 cm³/mol. The fraction of sp³-hybridized carbons (Fsp3) is 0.647. The molecule has 0 amide bonds. The van der Waals surface area contributed by atoms with Crippen LogP contribution in [0.3, 0.4) is 0 Å². The SMILES string of the molecule is CCCC(C)(O)CNC1CC(C)(C)Oc2ccccc21. The number of rotatable bonds is 5. The first-order chi connectivity index (χ1) is 9.33. The molecule has 2 rings (SSSR count). The Morgan fingerprint density at radius 3 is 2.80 bits per heavy atom. The minimum absolute atomic E-state index is 0.178. The summed E-state index contributed by atoms with van der Waals surface area (Å²) in [6, 6.07) is 8.41. The van der Waals surface area contributed by atoms with Crippen molar-refractivity contribution < 1.29 is 9.84 Å². The van der Waals surface area contributed by atoms with E-state index in [1.54, 1.807) is 0 Å². The van der Waals surface area contributed by atoms with Gasteiger partial charge in [0.25, 0.3) is 0 Å². The molecule has 3 heteroatoms. The summed E-state index contributed by atoms with van der Waals surface area (Å²) in [6.07, 6.45) is 2.71. The second-order valence-corrected chi connectivity index (χ2v) is 6.78. The van der Waals surface area contributed by atoms with Gasteiger partial charge in [0.05, 0.1) is 5.60 Å². The fourth-order valence-corrected chi connectivity index (χ4v) is 2.95. The molecular weight excluding hydrogens is 250 g/mol. The Balaban J connectivity index is 2.11. The maximum absolute atomic E-state index is 10.3. The highest BCUT2D eigenvalue weighted by atomic mass is 16.5. The predicted octanol–water partition coefficient (Wildman–Crippen LogP) is 3.43. The zero-order valence-corrected chi connectivity index (χ0v) is 13.1.